The van der Waals surface area contributed by atoms with Gasteiger partial charge >= 0.3 is 0 Å². The lowest BCUT2D eigenvalue weighted by Gasteiger charge is -2.11. The Bertz CT molecular complexity index is 1120. The molecule has 0 unspecified atom stereocenters. The fourth-order valence-corrected chi connectivity index (χ4v) is 2.47. The molecule has 2 N–H and O–H groups in total. The van der Waals surface area contributed by atoms with Crippen LogP contribution >= 0.6 is 0 Å². The Kier molecular flexibility index (Phi) is 6.23. The highest BCUT2D eigenvalue weighted by atomic mass is 19.1. The first-order valence-electron chi connectivity index (χ1n) is 8.68. The van der Waals surface area contributed by atoms with Gasteiger partial charge in [0.15, 0.2) is 0 Å². The number of nitrogens with zero attached hydrogens (tertiary/aromatic N) is 2. The number of nitro groups is 1. The molecule has 1 heterocycles. The number of carbonyl (C=O) groups is 2. The number of nitrogens with one attached hydrogen (secondary N) is 2. The third-order valence-corrected chi connectivity index (χ3v) is 3.92. The summed E-state index contributed by atoms with van der Waals surface area (Å²) in [5, 5.41) is 15.7. The minimum Gasteiger partial charge on any atom is -0.321 e. The smallest absolute Gasteiger partial charge is 0.274 e. The van der Waals surface area contributed by atoms with Gasteiger partial charge in [-0.15, -0.1) is 0 Å². The van der Waals surface area contributed by atoms with E-state index in [-0.39, 0.29) is 22.8 Å². The van der Waals surface area contributed by atoms with E-state index in [2.05, 4.69) is 15.6 Å². The number of nitro benzene ring substituents is 1. The molecule has 9 heteroatoms. The molecule has 0 aliphatic carbocycles. The Hall–Kier alpha value is -4.40. The van der Waals surface area contributed by atoms with Crippen LogP contribution in [0.2, 0.25) is 0 Å². The number of pyridine rings is 1. The van der Waals surface area contributed by atoms with Crippen molar-refractivity contribution in [1.29, 1.82) is 0 Å². The predicted octanol–water partition coefficient (Wildman–Crippen LogP) is 4.03. The Balaban J connectivity index is 1.72. The molecule has 0 radical (unpaired) electrons. The number of non-ortho nitro benzene ring substituents is 1. The molecule has 0 spiro atoms. The Morgan fingerprint density at radius 2 is 1.77 bits per heavy atom. The number of carbonyl (C=O) groups excluding carboxylic acids is 2. The second-order valence-electron chi connectivity index (χ2n) is 6.03. The first-order valence-corrected chi connectivity index (χ1v) is 8.68. The average molecular weight is 406 g/mol. The second-order valence-corrected chi connectivity index (χ2v) is 6.03. The van der Waals surface area contributed by atoms with Crippen LogP contribution in [0.3, 0.4) is 0 Å². The lowest BCUT2D eigenvalue weighted by Crippen LogP contribution is -2.16. The van der Waals surface area contributed by atoms with Crippen LogP contribution in [0, 0.1) is 15.9 Å². The summed E-state index contributed by atoms with van der Waals surface area (Å²) in [5.41, 5.74) is 0.933. The van der Waals surface area contributed by atoms with E-state index < -0.39 is 22.6 Å². The minimum atomic E-state index is -0.597. The van der Waals surface area contributed by atoms with E-state index in [1.165, 1.54) is 54.7 Å². The van der Waals surface area contributed by atoms with Gasteiger partial charge in [-0.3, -0.25) is 24.7 Å². The first-order chi connectivity index (χ1) is 14.4. The Morgan fingerprint density at radius 3 is 2.43 bits per heavy atom. The van der Waals surface area contributed by atoms with Gasteiger partial charge in [0, 0.05) is 24.4 Å². The van der Waals surface area contributed by atoms with Gasteiger partial charge in [-0.25, -0.2) is 4.39 Å². The maximum Gasteiger partial charge on any atom is 0.274 e. The number of halogens is 1. The molecule has 1 aromatic heterocycles. The number of hydrogen-bond acceptors (Lipinski definition) is 5. The molecular weight excluding hydrogens is 391 g/mol. The van der Waals surface area contributed by atoms with Crippen molar-refractivity contribution in [1.82, 2.24) is 4.98 Å². The fourth-order valence-electron chi connectivity index (χ4n) is 2.47. The topological polar surface area (TPSA) is 114 Å². The maximum atomic E-state index is 13.7. The van der Waals surface area contributed by atoms with Crippen molar-refractivity contribution < 1.29 is 18.9 Å². The zero-order valence-electron chi connectivity index (χ0n) is 15.4. The molecule has 30 heavy (non-hydrogen) atoms. The summed E-state index contributed by atoms with van der Waals surface area (Å²) < 4.78 is 13.7. The summed E-state index contributed by atoms with van der Waals surface area (Å²) in [5.74, 6) is -1.69. The van der Waals surface area contributed by atoms with E-state index in [9.17, 15) is 24.1 Å². The normalized spacial score (nSPS) is 10.6. The third-order valence-electron chi connectivity index (χ3n) is 3.92. The summed E-state index contributed by atoms with van der Waals surface area (Å²) in [6.45, 7) is 0. The Morgan fingerprint density at radius 1 is 1.00 bits per heavy atom. The number of aromatic nitrogens is 1. The van der Waals surface area contributed by atoms with Crippen LogP contribution in [0.25, 0.3) is 6.08 Å². The van der Waals surface area contributed by atoms with Crippen molar-refractivity contribution in [2.45, 2.75) is 0 Å². The van der Waals surface area contributed by atoms with Crippen molar-refractivity contribution in [3.8, 4) is 0 Å². The van der Waals surface area contributed by atoms with Crippen LogP contribution in [0.4, 0.5) is 21.5 Å². The van der Waals surface area contributed by atoms with Crippen LogP contribution in [-0.2, 0) is 4.79 Å². The molecule has 0 fully saturated rings. The van der Waals surface area contributed by atoms with E-state index in [1.807, 2.05) is 0 Å². The van der Waals surface area contributed by atoms with Crippen molar-refractivity contribution in [3.63, 3.8) is 0 Å². The highest BCUT2D eigenvalue weighted by Crippen LogP contribution is 2.23. The summed E-state index contributed by atoms with van der Waals surface area (Å²) >= 11 is 0. The van der Waals surface area contributed by atoms with Crippen molar-refractivity contribution >= 4 is 35.0 Å². The molecule has 0 bridgehead atoms. The Labute approximate surface area is 170 Å². The molecule has 150 valence electrons. The van der Waals surface area contributed by atoms with Gasteiger partial charge in [0.2, 0.25) is 5.91 Å². The van der Waals surface area contributed by atoms with Gasteiger partial charge in [-0.2, -0.15) is 0 Å². The molecule has 0 aliphatic rings. The number of benzene rings is 2. The molecule has 0 aliphatic heterocycles. The van der Waals surface area contributed by atoms with Gasteiger partial charge < -0.3 is 10.6 Å². The average Bonchev–Trinajstić information content (AvgIpc) is 2.75. The van der Waals surface area contributed by atoms with Gasteiger partial charge in [0.25, 0.3) is 11.6 Å². The maximum absolute atomic E-state index is 13.7. The van der Waals surface area contributed by atoms with Crippen LogP contribution in [0.15, 0.2) is 72.9 Å². The van der Waals surface area contributed by atoms with Crippen molar-refractivity contribution in [3.05, 3.63) is 100 Å². The molecule has 2 amide bonds. The predicted molar refractivity (Wildman–Crippen MR) is 109 cm³/mol. The fraction of sp³-hybridized carbons (Fsp3) is 0. The van der Waals surface area contributed by atoms with Gasteiger partial charge in [0.1, 0.15) is 11.5 Å². The van der Waals surface area contributed by atoms with Crippen LogP contribution in [0.5, 0.6) is 0 Å². The first kappa shape index (κ1) is 20.3. The van der Waals surface area contributed by atoms with Crippen LogP contribution in [-0.4, -0.2) is 21.7 Å². The minimum absolute atomic E-state index is 0.0651. The lowest BCUT2D eigenvalue weighted by atomic mass is 10.2. The highest BCUT2D eigenvalue weighted by molar-refractivity contribution is 6.08. The summed E-state index contributed by atoms with van der Waals surface area (Å²) in [6, 6.07) is 14.0. The number of rotatable bonds is 6. The van der Waals surface area contributed by atoms with Crippen molar-refractivity contribution in [2.24, 2.45) is 0 Å². The molecule has 0 saturated heterocycles. The monoisotopic (exact) mass is 406 g/mol. The molecule has 0 atom stereocenters. The third kappa shape index (κ3) is 5.32. The lowest BCUT2D eigenvalue weighted by molar-refractivity contribution is -0.384. The second kappa shape index (κ2) is 9.20. The zero-order valence-corrected chi connectivity index (χ0v) is 15.4. The van der Waals surface area contributed by atoms with E-state index in [4.69, 9.17) is 0 Å². The van der Waals surface area contributed by atoms with Crippen LogP contribution < -0.4 is 10.6 Å². The quantitative estimate of drug-likeness (QED) is 0.364. The van der Waals surface area contributed by atoms with Gasteiger partial charge in [0.05, 0.1) is 16.3 Å². The van der Waals surface area contributed by atoms with Crippen molar-refractivity contribution in [2.75, 3.05) is 10.6 Å². The number of amides is 2. The molecule has 0 saturated carbocycles. The zero-order chi connectivity index (χ0) is 21.5. The molecular formula is C21H15FN4O4. The van der Waals surface area contributed by atoms with Crippen LogP contribution in [0.1, 0.15) is 16.1 Å². The van der Waals surface area contributed by atoms with Gasteiger partial charge in [-0.1, -0.05) is 6.07 Å². The molecule has 2 aromatic carbocycles. The summed E-state index contributed by atoms with van der Waals surface area (Å²) in [7, 11) is 0. The molecule has 3 rings (SSSR count). The van der Waals surface area contributed by atoms with E-state index >= 15 is 0 Å². The van der Waals surface area contributed by atoms with E-state index in [1.54, 1.807) is 12.1 Å². The van der Waals surface area contributed by atoms with E-state index in [0.29, 0.717) is 5.56 Å². The summed E-state index contributed by atoms with van der Waals surface area (Å²) in [4.78, 5) is 38.6. The number of hydrogen-bond donors (Lipinski definition) is 2. The number of anilines is 2. The standard InChI is InChI=1S/C21H15FN4O4/c22-15-7-10-17(25-21(28)18-3-1-2-12-23-18)19(13-15)24-20(27)11-6-14-4-8-16(9-5-14)26(29)30/h1-13H,(H,24,27)(H,25,28)/b11-6+. The molecule has 3 aromatic rings. The van der Waals surface area contributed by atoms with E-state index in [0.717, 1.165) is 12.1 Å². The SMILES string of the molecule is O=C(/C=C/c1ccc([N+](=O)[O-])cc1)Nc1cc(F)ccc1NC(=O)c1ccccn1. The highest BCUT2D eigenvalue weighted by Gasteiger charge is 2.12. The van der Waals surface area contributed by atoms with Gasteiger partial charge in [-0.05, 0) is 54.1 Å². The largest absolute Gasteiger partial charge is 0.321 e. The molecule has 8 nitrogen and oxygen atoms in total. The summed E-state index contributed by atoms with van der Waals surface area (Å²) in [6.07, 6.45) is 4.10.